The third-order valence-electron chi connectivity index (χ3n) is 3.98. The minimum Gasteiger partial charge on any atom is -0.295 e. The second kappa shape index (κ2) is 6.27. The van der Waals surface area contributed by atoms with E-state index in [1.165, 1.54) is 6.08 Å². The van der Waals surface area contributed by atoms with Crippen LogP contribution < -0.4 is 0 Å². The zero-order chi connectivity index (χ0) is 13.0. The molecule has 0 bridgehead atoms. The van der Waals surface area contributed by atoms with Crippen LogP contribution in [0.1, 0.15) is 39.5 Å². The Hall–Kier alpha value is -0.730. The number of allylic oxidation sites excluding steroid dienone is 1. The van der Waals surface area contributed by atoms with E-state index < -0.39 is 6.43 Å². The SMILES string of the molecule is C=CC(=O)C1CCC(C(C)C)C(CC(F)F)C1. The Morgan fingerprint density at radius 2 is 2.06 bits per heavy atom. The van der Waals surface area contributed by atoms with Gasteiger partial charge in [-0.15, -0.1) is 0 Å². The van der Waals surface area contributed by atoms with Crippen molar-refractivity contribution in [1.82, 2.24) is 0 Å². The van der Waals surface area contributed by atoms with Crippen molar-refractivity contribution in [3.05, 3.63) is 12.7 Å². The Morgan fingerprint density at radius 1 is 1.41 bits per heavy atom. The summed E-state index contributed by atoms with van der Waals surface area (Å²) in [5.74, 6) is 0.673. The van der Waals surface area contributed by atoms with E-state index in [4.69, 9.17) is 0 Å². The van der Waals surface area contributed by atoms with E-state index in [1.54, 1.807) is 0 Å². The first-order chi connectivity index (χ1) is 7.95. The Balaban J connectivity index is 2.69. The molecule has 1 saturated carbocycles. The van der Waals surface area contributed by atoms with E-state index in [9.17, 15) is 13.6 Å². The zero-order valence-corrected chi connectivity index (χ0v) is 10.7. The summed E-state index contributed by atoms with van der Waals surface area (Å²) in [6.45, 7) is 7.64. The minimum absolute atomic E-state index is 0.0161. The van der Waals surface area contributed by atoms with Crippen LogP contribution in [-0.4, -0.2) is 12.2 Å². The molecule has 0 aromatic carbocycles. The van der Waals surface area contributed by atoms with Crippen LogP contribution in [0, 0.1) is 23.7 Å². The first-order valence-electron chi connectivity index (χ1n) is 6.40. The molecule has 0 aromatic rings. The van der Waals surface area contributed by atoms with Gasteiger partial charge in [-0.3, -0.25) is 4.79 Å². The fraction of sp³-hybridized carbons (Fsp3) is 0.786. The molecule has 0 spiro atoms. The summed E-state index contributed by atoms with van der Waals surface area (Å²) in [4.78, 5) is 11.6. The van der Waals surface area contributed by atoms with Gasteiger partial charge in [0.15, 0.2) is 5.78 Å². The highest BCUT2D eigenvalue weighted by molar-refractivity contribution is 5.91. The van der Waals surface area contributed by atoms with Gasteiger partial charge in [0, 0.05) is 12.3 Å². The smallest absolute Gasteiger partial charge is 0.238 e. The van der Waals surface area contributed by atoms with Crippen LogP contribution in [-0.2, 0) is 4.79 Å². The summed E-state index contributed by atoms with van der Waals surface area (Å²) < 4.78 is 25.1. The monoisotopic (exact) mass is 244 g/mol. The highest BCUT2D eigenvalue weighted by atomic mass is 19.3. The Bertz CT molecular complexity index is 273. The molecule has 3 heteroatoms. The highest BCUT2D eigenvalue weighted by Crippen LogP contribution is 2.41. The molecule has 3 atom stereocenters. The molecule has 98 valence electrons. The van der Waals surface area contributed by atoms with Gasteiger partial charge in [-0.1, -0.05) is 20.4 Å². The molecule has 1 fully saturated rings. The van der Waals surface area contributed by atoms with Crippen molar-refractivity contribution < 1.29 is 13.6 Å². The summed E-state index contributed by atoms with van der Waals surface area (Å²) in [6.07, 6.45) is 1.33. The van der Waals surface area contributed by atoms with Crippen molar-refractivity contribution in [2.45, 2.75) is 46.0 Å². The number of rotatable bonds is 5. The standard InChI is InChI=1S/C14H22F2O/c1-4-13(17)10-5-6-12(9(2)3)11(7-10)8-14(15)16/h4,9-12,14H,1,5-8H2,2-3H3. The van der Waals surface area contributed by atoms with Gasteiger partial charge in [-0.05, 0) is 43.1 Å². The van der Waals surface area contributed by atoms with Gasteiger partial charge < -0.3 is 0 Å². The molecule has 1 aliphatic rings. The maximum absolute atomic E-state index is 12.6. The number of alkyl halides is 2. The van der Waals surface area contributed by atoms with Crippen LogP contribution in [0.3, 0.4) is 0 Å². The lowest BCUT2D eigenvalue weighted by atomic mass is 9.67. The third kappa shape index (κ3) is 3.90. The topological polar surface area (TPSA) is 17.1 Å². The largest absolute Gasteiger partial charge is 0.295 e. The van der Waals surface area contributed by atoms with Crippen LogP contribution in [0.4, 0.5) is 8.78 Å². The van der Waals surface area contributed by atoms with Crippen molar-refractivity contribution in [2.75, 3.05) is 0 Å². The maximum Gasteiger partial charge on any atom is 0.238 e. The predicted molar refractivity (Wildman–Crippen MR) is 65.0 cm³/mol. The number of hydrogen-bond donors (Lipinski definition) is 0. The average molecular weight is 244 g/mol. The predicted octanol–water partition coefficient (Wildman–Crippen LogP) is 4.09. The van der Waals surface area contributed by atoms with E-state index in [0.717, 1.165) is 12.8 Å². The van der Waals surface area contributed by atoms with Gasteiger partial charge in [0.05, 0.1) is 0 Å². The number of carbonyl (C=O) groups excluding carboxylic acids is 1. The summed E-state index contributed by atoms with van der Waals surface area (Å²) >= 11 is 0. The molecule has 0 N–H and O–H groups in total. The third-order valence-corrected chi connectivity index (χ3v) is 3.98. The van der Waals surface area contributed by atoms with Gasteiger partial charge in [-0.25, -0.2) is 8.78 Å². The lowest BCUT2D eigenvalue weighted by Gasteiger charge is -2.37. The van der Waals surface area contributed by atoms with Crippen LogP contribution in [0.25, 0.3) is 0 Å². The molecule has 0 amide bonds. The lowest BCUT2D eigenvalue weighted by molar-refractivity contribution is -0.120. The number of ketones is 1. The minimum atomic E-state index is -2.26. The van der Waals surface area contributed by atoms with Gasteiger partial charge >= 0.3 is 0 Å². The van der Waals surface area contributed by atoms with E-state index >= 15 is 0 Å². The number of halogens is 2. The molecule has 0 saturated heterocycles. The summed E-state index contributed by atoms with van der Waals surface area (Å²) in [5, 5.41) is 0. The van der Waals surface area contributed by atoms with Gasteiger partial charge in [0.25, 0.3) is 0 Å². The average Bonchev–Trinajstić information content (AvgIpc) is 2.26. The molecule has 0 aliphatic heterocycles. The van der Waals surface area contributed by atoms with Crippen molar-refractivity contribution in [3.63, 3.8) is 0 Å². The summed E-state index contributed by atoms with van der Waals surface area (Å²) in [5.41, 5.74) is 0. The first kappa shape index (κ1) is 14.3. The van der Waals surface area contributed by atoms with Gasteiger partial charge in [0.2, 0.25) is 6.43 Å². The van der Waals surface area contributed by atoms with Crippen LogP contribution in [0.15, 0.2) is 12.7 Å². The fourth-order valence-corrected chi connectivity index (χ4v) is 3.09. The number of carbonyl (C=O) groups is 1. The van der Waals surface area contributed by atoms with Gasteiger partial charge in [0.1, 0.15) is 0 Å². The maximum atomic E-state index is 12.6. The van der Waals surface area contributed by atoms with Crippen LogP contribution in [0.5, 0.6) is 0 Å². The molecule has 0 aromatic heterocycles. The molecule has 0 heterocycles. The van der Waals surface area contributed by atoms with E-state index in [2.05, 4.69) is 20.4 Å². The Morgan fingerprint density at radius 3 is 2.53 bits per heavy atom. The normalized spacial score (nSPS) is 29.6. The number of hydrogen-bond acceptors (Lipinski definition) is 1. The lowest BCUT2D eigenvalue weighted by Crippen LogP contribution is -2.32. The molecular weight excluding hydrogens is 222 g/mol. The molecular formula is C14H22F2O. The second-order valence-electron chi connectivity index (χ2n) is 5.41. The van der Waals surface area contributed by atoms with E-state index in [0.29, 0.717) is 18.3 Å². The van der Waals surface area contributed by atoms with Crippen LogP contribution >= 0.6 is 0 Å². The second-order valence-corrected chi connectivity index (χ2v) is 5.41. The Kier molecular flexibility index (Phi) is 5.29. The van der Waals surface area contributed by atoms with E-state index in [1.807, 2.05) is 0 Å². The zero-order valence-electron chi connectivity index (χ0n) is 10.7. The summed E-state index contributed by atoms with van der Waals surface area (Å²) in [7, 11) is 0. The summed E-state index contributed by atoms with van der Waals surface area (Å²) in [6, 6.07) is 0. The van der Waals surface area contributed by atoms with Crippen molar-refractivity contribution in [2.24, 2.45) is 23.7 Å². The van der Waals surface area contributed by atoms with Crippen molar-refractivity contribution in [3.8, 4) is 0 Å². The van der Waals surface area contributed by atoms with Crippen molar-refractivity contribution >= 4 is 5.78 Å². The molecule has 1 nitrogen and oxygen atoms in total. The molecule has 1 aliphatic carbocycles. The Labute approximate surface area is 102 Å². The van der Waals surface area contributed by atoms with Gasteiger partial charge in [-0.2, -0.15) is 0 Å². The van der Waals surface area contributed by atoms with Crippen molar-refractivity contribution in [1.29, 1.82) is 0 Å². The molecule has 1 rings (SSSR count). The van der Waals surface area contributed by atoms with Crippen LogP contribution in [0.2, 0.25) is 0 Å². The van der Waals surface area contributed by atoms with E-state index in [-0.39, 0.29) is 24.0 Å². The highest BCUT2D eigenvalue weighted by Gasteiger charge is 2.35. The molecule has 3 unspecified atom stereocenters. The first-order valence-corrected chi connectivity index (χ1v) is 6.40. The quantitative estimate of drug-likeness (QED) is 0.666. The molecule has 17 heavy (non-hydrogen) atoms. The molecule has 0 radical (unpaired) electrons. The fourth-order valence-electron chi connectivity index (χ4n) is 3.09.